The molecule has 5 heteroatoms. The van der Waals surface area contributed by atoms with Gasteiger partial charge in [-0.2, -0.15) is 0 Å². The van der Waals surface area contributed by atoms with Crippen molar-refractivity contribution in [1.82, 2.24) is 4.90 Å². The van der Waals surface area contributed by atoms with E-state index in [-0.39, 0.29) is 17.8 Å². The van der Waals surface area contributed by atoms with Crippen LogP contribution in [-0.2, 0) is 9.53 Å². The van der Waals surface area contributed by atoms with Crippen LogP contribution in [0.5, 0.6) is 0 Å². The molecule has 1 aliphatic heterocycles. The maximum Gasteiger partial charge on any atom is 0.410 e. The summed E-state index contributed by atoms with van der Waals surface area (Å²) in [6.45, 7) is 6.70. The SMILES string of the molecule is CC(C)(C)OC(=O)N1CCC(C(=O)C=Cc2ccc(Br)cc2)CC1. The molecule has 24 heavy (non-hydrogen) atoms. The van der Waals surface area contributed by atoms with Gasteiger partial charge in [0.05, 0.1) is 0 Å². The molecular weight excluding hydrogens is 370 g/mol. The Labute approximate surface area is 152 Å². The molecule has 130 valence electrons. The van der Waals surface area contributed by atoms with E-state index in [4.69, 9.17) is 4.74 Å². The highest BCUT2D eigenvalue weighted by Crippen LogP contribution is 2.21. The Morgan fingerprint density at radius 2 is 1.75 bits per heavy atom. The zero-order valence-electron chi connectivity index (χ0n) is 14.4. The van der Waals surface area contributed by atoms with Crippen molar-refractivity contribution >= 4 is 33.9 Å². The first-order valence-corrected chi connectivity index (χ1v) is 8.99. The Kier molecular flexibility index (Phi) is 6.21. The average molecular weight is 394 g/mol. The lowest BCUT2D eigenvalue weighted by Crippen LogP contribution is -2.42. The molecule has 2 rings (SSSR count). The zero-order chi connectivity index (χ0) is 17.7. The summed E-state index contributed by atoms with van der Waals surface area (Å²) in [5.74, 6) is 0.108. The summed E-state index contributed by atoms with van der Waals surface area (Å²) in [5.41, 5.74) is 0.509. The van der Waals surface area contributed by atoms with Crippen LogP contribution in [0, 0.1) is 5.92 Å². The Bertz CT molecular complexity index is 608. The maximum atomic E-state index is 12.3. The monoisotopic (exact) mass is 393 g/mol. The van der Waals surface area contributed by atoms with Crippen molar-refractivity contribution in [1.29, 1.82) is 0 Å². The molecule has 0 spiro atoms. The molecule has 1 aliphatic rings. The number of nitrogens with zero attached hydrogens (tertiary/aromatic N) is 1. The molecule has 0 aromatic heterocycles. The van der Waals surface area contributed by atoms with Crippen LogP contribution in [0.1, 0.15) is 39.2 Å². The van der Waals surface area contributed by atoms with Gasteiger partial charge in [-0.15, -0.1) is 0 Å². The van der Waals surface area contributed by atoms with Crippen molar-refractivity contribution in [2.75, 3.05) is 13.1 Å². The first-order chi connectivity index (χ1) is 11.2. The summed E-state index contributed by atoms with van der Waals surface area (Å²) in [6.07, 6.45) is 4.57. The van der Waals surface area contributed by atoms with Crippen molar-refractivity contribution < 1.29 is 14.3 Å². The third-order valence-electron chi connectivity index (χ3n) is 3.86. The molecule has 1 aromatic rings. The predicted molar refractivity (Wildman–Crippen MR) is 98.7 cm³/mol. The molecule has 1 heterocycles. The smallest absolute Gasteiger partial charge is 0.410 e. The van der Waals surface area contributed by atoms with Crippen molar-refractivity contribution in [3.05, 3.63) is 40.4 Å². The van der Waals surface area contributed by atoms with Crippen molar-refractivity contribution in [3.63, 3.8) is 0 Å². The van der Waals surface area contributed by atoms with E-state index in [0.717, 1.165) is 10.0 Å². The van der Waals surface area contributed by atoms with Gasteiger partial charge in [-0.1, -0.05) is 34.1 Å². The summed E-state index contributed by atoms with van der Waals surface area (Å²) >= 11 is 3.39. The number of ether oxygens (including phenoxy) is 1. The Balaban J connectivity index is 1.84. The summed E-state index contributed by atoms with van der Waals surface area (Å²) in [5, 5.41) is 0. The number of likely N-dealkylation sites (tertiary alicyclic amines) is 1. The highest BCUT2D eigenvalue weighted by atomic mass is 79.9. The molecular formula is C19H24BrNO3. The number of allylic oxidation sites excluding steroid dienone is 1. The van der Waals surface area contributed by atoms with E-state index in [1.54, 1.807) is 11.0 Å². The van der Waals surface area contributed by atoms with E-state index < -0.39 is 5.60 Å². The lowest BCUT2D eigenvalue weighted by Gasteiger charge is -2.32. The van der Waals surface area contributed by atoms with Crippen molar-refractivity contribution in [2.45, 2.75) is 39.2 Å². The van der Waals surface area contributed by atoms with Gasteiger partial charge in [0.15, 0.2) is 5.78 Å². The van der Waals surface area contributed by atoms with E-state index in [9.17, 15) is 9.59 Å². The van der Waals surface area contributed by atoms with E-state index in [0.29, 0.717) is 25.9 Å². The van der Waals surface area contributed by atoms with Gasteiger partial charge in [-0.3, -0.25) is 4.79 Å². The Hall–Kier alpha value is -1.62. The summed E-state index contributed by atoms with van der Waals surface area (Å²) in [4.78, 5) is 26.0. The average Bonchev–Trinajstić information content (AvgIpc) is 2.52. The van der Waals surface area contributed by atoms with Gasteiger partial charge < -0.3 is 9.64 Å². The van der Waals surface area contributed by atoms with E-state index >= 15 is 0 Å². The Morgan fingerprint density at radius 1 is 1.17 bits per heavy atom. The molecule has 0 radical (unpaired) electrons. The molecule has 0 unspecified atom stereocenters. The fourth-order valence-corrected chi connectivity index (χ4v) is 2.83. The first kappa shape index (κ1) is 18.7. The van der Waals surface area contributed by atoms with Gasteiger partial charge >= 0.3 is 6.09 Å². The number of carbonyl (C=O) groups is 2. The molecule has 1 amide bonds. The van der Waals surface area contributed by atoms with Gasteiger partial charge in [0.25, 0.3) is 0 Å². The second kappa shape index (κ2) is 7.97. The molecule has 0 N–H and O–H groups in total. The molecule has 4 nitrogen and oxygen atoms in total. The zero-order valence-corrected chi connectivity index (χ0v) is 16.0. The van der Waals surface area contributed by atoms with Gasteiger partial charge in [0.2, 0.25) is 0 Å². The summed E-state index contributed by atoms with van der Waals surface area (Å²) in [7, 11) is 0. The second-order valence-electron chi connectivity index (χ2n) is 7.03. The van der Waals surface area contributed by atoms with E-state index in [1.807, 2.05) is 51.1 Å². The predicted octanol–water partition coefficient (Wildman–Crippen LogP) is 4.68. The van der Waals surface area contributed by atoms with Gasteiger partial charge in [-0.05, 0) is 57.4 Å². The van der Waals surface area contributed by atoms with Crippen LogP contribution in [0.3, 0.4) is 0 Å². The molecule has 1 aromatic carbocycles. The van der Waals surface area contributed by atoms with Gasteiger partial charge in [0, 0.05) is 23.5 Å². The van der Waals surface area contributed by atoms with Crippen LogP contribution in [0.25, 0.3) is 6.08 Å². The maximum absolute atomic E-state index is 12.3. The van der Waals surface area contributed by atoms with Crippen molar-refractivity contribution in [3.8, 4) is 0 Å². The minimum Gasteiger partial charge on any atom is -0.444 e. The topological polar surface area (TPSA) is 46.6 Å². The van der Waals surface area contributed by atoms with Gasteiger partial charge in [0.1, 0.15) is 5.60 Å². The fourth-order valence-electron chi connectivity index (χ4n) is 2.56. The Morgan fingerprint density at radius 3 is 2.29 bits per heavy atom. The quantitative estimate of drug-likeness (QED) is 0.700. The standard InChI is InChI=1S/C19H24BrNO3/c1-19(2,3)24-18(23)21-12-10-15(11-13-21)17(22)9-6-14-4-7-16(20)8-5-14/h4-9,15H,10-13H2,1-3H3. The van der Waals surface area contributed by atoms with Crippen LogP contribution in [0.15, 0.2) is 34.8 Å². The number of ketones is 1. The molecule has 0 bridgehead atoms. The summed E-state index contributed by atoms with van der Waals surface area (Å²) in [6, 6.07) is 7.81. The third-order valence-corrected chi connectivity index (χ3v) is 4.39. The number of piperidine rings is 1. The van der Waals surface area contributed by atoms with Gasteiger partial charge in [-0.25, -0.2) is 4.79 Å². The number of amides is 1. The van der Waals surface area contributed by atoms with Crippen LogP contribution in [-0.4, -0.2) is 35.5 Å². The highest BCUT2D eigenvalue weighted by molar-refractivity contribution is 9.10. The van der Waals surface area contributed by atoms with E-state index in [1.165, 1.54) is 0 Å². The first-order valence-electron chi connectivity index (χ1n) is 8.20. The lowest BCUT2D eigenvalue weighted by molar-refractivity contribution is -0.119. The second-order valence-corrected chi connectivity index (χ2v) is 7.94. The number of halogens is 1. The van der Waals surface area contributed by atoms with Crippen LogP contribution < -0.4 is 0 Å². The van der Waals surface area contributed by atoms with Crippen molar-refractivity contribution in [2.24, 2.45) is 5.92 Å². The van der Waals surface area contributed by atoms with Crippen LogP contribution >= 0.6 is 15.9 Å². The number of carbonyl (C=O) groups excluding carboxylic acids is 2. The number of hydrogen-bond donors (Lipinski definition) is 0. The van der Waals surface area contributed by atoms with Crippen LogP contribution in [0.4, 0.5) is 4.79 Å². The highest BCUT2D eigenvalue weighted by Gasteiger charge is 2.28. The molecule has 1 fully saturated rings. The van der Waals surface area contributed by atoms with E-state index in [2.05, 4.69) is 15.9 Å². The molecule has 0 atom stereocenters. The fraction of sp³-hybridized carbons (Fsp3) is 0.474. The largest absolute Gasteiger partial charge is 0.444 e. The number of benzene rings is 1. The number of rotatable bonds is 3. The minimum absolute atomic E-state index is 0.0182. The molecule has 1 saturated heterocycles. The minimum atomic E-state index is -0.489. The van der Waals surface area contributed by atoms with Crippen LogP contribution in [0.2, 0.25) is 0 Å². The molecule has 0 saturated carbocycles. The molecule has 0 aliphatic carbocycles. The summed E-state index contributed by atoms with van der Waals surface area (Å²) < 4.78 is 6.39. The normalized spacial score (nSPS) is 16.4. The third kappa shape index (κ3) is 5.78. The number of hydrogen-bond acceptors (Lipinski definition) is 3. The lowest BCUT2D eigenvalue weighted by atomic mass is 9.92.